The van der Waals surface area contributed by atoms with Crippen LogP contribution >= 0.6 is 11.8 Å². The SMILES string of the molecule is CC(C)NC(C)(CO)CCCSCC1CCCO1. The van der Waals surface area contributed by atoms with Crippen molar-refractivity contribution in [3.8, 4) is 0 Å². The van der Waals surface area contributed by atoms with Crippen LogP contribution in [0.2, 0.25) is 0 Å². The Labute approximate surface area is 116 Å². The molecule has 3 nitrogen and oxygen atoms in total. The van der Waals surface area contributed by atoms with Crippen LogP contribution in [0.1, 0.15) is 46.5 Å². The summed E-state index contributed by atoms with van der Waals surface area (Å²) in [6, 6.07) is 0.418. The minimum Gasteiger partial charge on any atom is -0.394 e. The van der Waals surface area contributed by atoms with Gasteiger partial charge in [-0.3, -0.25) is 0 Å². The van der Waals surface area contributed by atoms with Crippen molar-refractivity contribution in [2.24, 2.45) is 0 Å². The van der Waals surface area contributed by atoms with Crippen molar-refractivity contribution in [3.63, 3.8) is 0 Å². The zero-order valence-corrected chi connectivity index (χ0v) is 12.9. The van der Waals surface area contributed by atoms with Crippen molar-refractivity contribution in [3.05, 3.63) is 0 Å². The van der Waals surface area contributed by atoms with E-state index in [0.29, 0.717) is 12.1 Å². The standard InChI is InChI=1S/C14H29NO2S/c1-12(2)15-14(3,11-16)7-5-9-18-10-13-6-4-8-17-13/h12-13,15-16H,4-11H2,1-3H3. The van der Waals surface area contributed by atoms with Gasteiger partial charge >= 0.3 is 0 Å². The van der Waals surface area contributed by atoms with Gasteiger partial charge in [-0.1, -0.05) is 13.8 Å². The van der Waals surface area contributed by atoms with E-state index in [2.05, 4.69) is 26.1 Å². The highest BCUT2D eigenvalue weighted by Crippen LogP contribution is 2.20. The molecule has 1 fully saturated rings. The molecule has 2 N–H and O–H groups in total. The number of thioether (sulfide) groups is 1. The number of hydrogen-bond donors (Lipinski definition) is 2. The molecule has 1 rings (SSSR count). The van der Waals surface area contributed by atoms with E-state index in [1.54, 1.807) is 0 Å². The lowest BCUT2D eigenvalue weighted by Gasteiger charge is -2.31. The summed E-state index contributed by atoms with van der Waals surface area (Å²) in [5.41, 5.74) is -0.126. The Morgan fingerprint density at radius 3 is 2.83 bits per heavy atom. The molecule has 4 heteroatoms. The Hall–Kier alpha value is 0.230. The van der Waals surface area contributed by atoms with Crippen LogP contribution in [0.3, 0.4) is 0 Å². The first-order valence-electron chi connectivity index (χ1n) is 7.13. The average Bonchev–Trinajstić information content (AvgIpc) is 2.80. The van der Waals surface area contributed by atoms with E-state index in [4.69, 9.17) is 4.74 Å². The van der Waals surface area contributed by atoms with Gasteiger partial charge in [-0.25, -0.2) is 0 Å². The number of rotatable bonds is 9. The van der Waals surface area contributed by atoms with Gasteiger partial charge in [-0.05, 0) is 38.4 Å². The van der Waals surface area contributed by atoms with Crippen molar-refractivity contribution in [1.82, 2.24) is 5.32 Å². The van der Waals surface area contributed by atoms with E-state index in [-0.39, 0.29) is 12.1 Å². The highest BCUT2D eigenvalue weighted by Gasteiger charge is 2.23. The Balaban J connectivity index is 2.07. The lowest BCUT2D eigenvalue weighted by atomic mass is 9.96. The van der Waals surface area contributed by atoms with E-state index in [0.717, 1.165) is 31.0 Å². The summed E-state index contributed by atoms with van der Waals surface area (Å²) in [6.45, 7) is 7.52. The molecule has 0 saturated carbocycles. The zero-order chi connectivity index (χ0) is 13.4. The third-order valence-corrected chi connectivity index (χ3v) is 4.52. The van der Waals surface area contributed by atoms with E-state index < -0.39 is 0 Å². The lowest BCUT2D eigenvalue weighted by molar-refractivity contribution is 0.129. The Morgan fingerprint density at radius 2 is 2.28 bits per heavy atom. The second-order valence-corrected chi connectivity index (χ2v) is 6.98. The summed E-state index contributed by atoms with van der Waals surface area (Å²) in [7, 11) is 0. The second kappa shape index (κ2) is 8.41. The van der Waals surface area contributed by atoms with Crippen LogP contribution in [0.5, 0.6) is 0 Å². The topological polar surface area (TPSA) is 41.5 Å². The van der Waals surface area contributed by atoms with Crippen LogP contribution in [-0.2, 0) is 4.74 Å². The number of hydrogen-bond acceptors (Lipinski definition) is 4. The van der Waals surface area contributed by atoms with Gasteiger partial charge in [0.1, 0.15) is 0 Å². The predicted molar refractivity (Wildman–Crippen MR) is 79.3 cm³/mol. The highest BCUT2D eigenvalue weighted by molar-refractivity contribution is 7.99. The first kappa shape index (κ1) is 16.3. The second-order valence-electron chi connectivity index (χ2n) is 5.83. The molecule has 0 amide bonds. The van der Waals surface area contributed by atoms with Gasteiger partial charge < -0.3 is 15.2 Å². The summed E-state index contributed by atoms with van der Waals surface area (Å²) in [5.74, 6) is 2.29. The molecule has 0 aromatic heterocycles. The minimum absolute atomic E-state index is 0.126. The van der Waals surface area contributed by atoms with Crippen LogP contribution in [0.4, 0.5) is 0 Å². The Bertz CT molecular complexity index is 220. The number of nitrogens with one attached hydrogen (secondary N) is 1. The molecule has 108 valence electrons. The van der Waals surface area contributed by atoms with Gasteiger partial charge in [0.15, 0.2) is 0 Å². The Morgan fingerprint density at radius 1 is 1.50 bits per heavy atom. The van der Waals surface area contributed by atoms with E-state index >= 15 is 0 Å². The molecule has 2 atom stereocenters. The summed E-state index contributed by atoms with van der Waals surface area (Å²) in [4.78, 5) is 0. The van der Waals surface area contributed by atoms with Crippen LogP contribution in [0.15, 0.2) is 0 Å². The molecule has 18 heavy (non-hydrogen) atoms. The van der Waals surface area contributed by atoms with Crippen LogP contribution < -0.4 is 5.32 Å². The van der Waals surface area contributed by atoms with Gasteiger partial charge in [0.05, 0.1) is 12.7 Å². The van der Waals surface area contributed by atoms with E-state index in [1.807, 2.05) is 11.8 Å². The molecule has 0 bridgehead atoms. The summed E-state index contributed by atoms with van der Waals surface area (Å²) in [6.07, 6.45) is 5.13. The first-order valence-corrected chi connectivity index (χ1v) is 8.29. The normalized spacial score (nSPS) is 23.5. The van der Waals surface area contributed by atoms with Crippen molar-refractivity contribution in [1.29, 1.82) is 0 Å². The largest absolute Gasteiger partial charge is 0.394 e. The predicted octanol–water partition coefficient (Wildman–Crippen LogP) is 2.43. The quantitative estimate of drug-likeness (QED) is 0.634. The number of aliphatic hydroxyl groups is 1. The molecule has 0 spiro atoms. The maximum absolute atomic E-state index is 9.47. The Kier molecular flexibility index (Phi) is 7.61. The smallest absolute Gasteiger partial charge is 0.0666 e. The third-order valence-electron chi connectivity index (χ3n) is 3.33. The monoisotopic (exact) mass is 275 g/mol. The first-order chi connectivity index (χ1) is 8.56. The highest BCUT2D eigenvalue weighted by atomic mass is 32.2. The summed E-state index contributed by atoms with van der Waals surface area (Å²) >= 11 is 1.99. The molecule has 0 aliphatic carbocycles. The van der Waals surface area contributed by atoms with Crippen LogP contribution in [-0.4, -0.2) is 47.5 Å². The van der Waals surface area contributed by atoms with Crippen molar-refractivity contribution < 1.29 is 9.84 Å². The van der Waals surface area contributed by atoms with Crippen molar-refractivity contribution >= 4 is 11.8 Å². The summed E-state index contributed by atoms with van der Waals surface area (Å²) in [5, 5.41) is 12.9. The number of ether oxygens (including phenoxy) is 1. The fourth-order valence-corrected chi connectivity index (χ4v) is 3.49. The minimum atomic E-state index is -0.126. The van der Waals surface area contributed by atoms with Gasteiger partial charge in [0.2, 0.25) is 0 Å². The summed E-state index contributed by atoms with van der Waals surface area (Å²) < 4.78 is 5.60. The molecule has 0 aromatic carbocycles. The van der Waals surface area contributed by atoms with Crippen molar-refractivity contribution in [2.75, 3.05) is 24.7 Å². The maximum atomic E-state index is 9.47. The lowest BCUT2D eigenvalue weighted by Crippen LogP contribution is -2.49. The molecule has 0 radical (unpaired) electrons. The third kappa shape index (κ3) is 6.41. The fourth-order valence-electron chi connectivity index (χ4n) is 2.45. The van der Waals surface area contributed by atoms with E-state index in [9.17, 15) is 5.11 Å². The van der Waals surface area contributed by atoms with Crippen LogP contribution in [0, 0.1) is 0 Å². The van der Waals surface area contributed by atoms with E-state index in [1.165, 1.54) is 12.8 Å². The molecule has 1 aliphatic rings. The molecule has 2 unspecified atom stereocenters. The molecular weight excluding hydrogens is 246 g/mol. The molecule has 1 heterocycles. The number of aliphatic hydroxyl groups excluding tert-OH is 1. The van der Waals surface area contributed by atoms with Crippen molar-refractivity contribution in [2.45, 2.75) is 64.1 Å². The van der Waals surface area contributed by atoms with Gasteiger partial charge in [0, 0.05) is 23.9 Å². The average molecular weight is 275 g/mol. The molecule has 1 saturated heterocycles. The van der Waals surface area contributed by atoms with Gasteiger partial charge in [-0.15, -0.1) is 0 Å². The fraction of sp³-hybridized carbons (Fsp3) is 1.00. The molecule has 1 aliphatic heterocycles. The maximum Gasteiger partial charge on any atom is 0.0666 e. The van der Waals surface area contributed by atoms with Gasteiger partial charge in [0.25, 0.3) is 0 Å². The zero-order valence-electron chi connectivity index (χ0n) is 12.1. The molecular formula is C14H29NO2S. The van der Waals surface area contributed by atoms with Crippen LogP contribution in [0.25, 0.3) is 0 Å². The molecule has 0 aromatic rings. The van der Waals surface area contributed by atoms with Gasteiger partial charge in [-0.2, -0.15) is 11.8 Å².